The van der Waals surface area contributed by atoms with Gasteiger partial charge in [-0.2, -0.15) is 0 Å². The van der Waals surface area contributed by atoms with Gasteiger partial charge >= 0.3 is 0 Å². The second-order valence-corrected chi connectivity index (χ2v) is 5.90. The van der Waals surface area contributed by atoms with Gasteiger partial charge < -0.3 is 16.0 Å². The van der Waals surface area contributed by atoms with Crippen molar-refractivity contribution in [3.8, 4) is 0 Å². The molecule has 20 heavy (non-hydrogen) atoms. The highest BCUT2D eigenvalue weighted by Gasteiger charge is 2.22. The molecule has 0 unspecified atom stereocenters. The van der Waals surface area contributed by atoms with E-state index in [4.69, 9.17) is 5.73 Å². The van der Waals surface area contributed by atoms with Crippen molar-refractivity contribution in [2.24, 2.45) is 0 Å². The fourth-order valence-electron chi connectivity index (χ4n) is 2.34. The minimum absolute atomic E-state index is 0.0898. The van der Waals surface area contributed by atoms with Gasteiger partial charge in [-0.1, -0.05) is 15.9 Å². The smallest absolute Gasteiger partial charge is 0.253 e. The lowest BCUT2D eigenvalue weighted by Gasteiger charge is -2.31. The molecule has 1 fully saturated rings. The van der Waals surface area contributed by atoms with E-state index in [1.807, 2.05) is 0 Å². The molecule has 3 N–H and O–H groups in total. The molecule has 0 radical (unpaired) electrons. The first kappa shape index (κ1) is 14.8. The van der Waals surface area contributed by atoms with Crippen LogP contribution in [0.4, 0.5) is 5.69 Å². The van der Waals surface area contributed by atoms with E-state index in [9.17, 15) is 9.59 Å². The van der Waals surface area contributed by atoms with Crippen LogP contribution >= 0.6 is 15.9 Å². The summed E-state index contributed by atoms with van der Waals surface area (Å²) in [5.74, 6) is -0.0665. The van der Waals surface area contributed by atoms with E-state index in [1.165, 1.54) is 0 Å². The van der Waals surface area contributed by atoms with Crippen LogP contribution in [-0.2, 0) is 4.79 Å². The van der Waals surface area contributed by atoms with E-state index in [1.54, 1.807) is 30.0 Å². The van der Waals surface area contributed by atoms with Crippen LogP contribution in [0.25, 0.3) is 0 Å². The highest BCUT2D eigenvalue weighted by Crippen LogP contribution is 2.19. The SMILES string of the molecule is CC(=O)N1CCC(NC(=O)c2ccc(Br)cc2N)CC1. The quantitative estimate of drug-likeness (QED) is 0.806. The van der Waals surface area contributed by atoms with Gasteiger partial charge in [0.05, 0.1) is 5.56 Å². The summed E-state index contributed by atoms with van der Waals surface area (Å²) in [5.41, 5.74) is 6.79. The Labute approximate surface area is 126 Å². The lowest BCUT2D eigenvalue weighted by molar-refractivity contribution is -0.129. The van der Waals surface area contributed by atoms with Crippen LogP contribution in [0.3, 0.4) is 0 Å². The van der Waals surface area contributed by atoms with Crippen molar-refractivity contribution in [1.82, 2.24) is 10.2 Å². The summed E-state index contributed by atoms with van der Waals surface area (Å²) in [6.45, 7) is 2.95. The van der Waals surface area contributed by atoms with E-state index in [0.29, 0.717) is 24.3 Å². The number of nitrogen functional groups attached to an aromatic ring is 1. The molecule has 1 aromatic rings. The number of rotatable bonds is 2. The van der Waals surface area contributed by atoms with E-state index < -0.39 is 0 Å². The lowest BCUT2D eigenvalue weighted by atomic mass is 10.0. The molecule has 0 spiro atoms. The van der Waals surface area contributed by atoms with Gasteiger partial charge in [0.15, 0.2) is 0 Å². The maximum Gasteiger partial charge on any atom is 0.253 e. The van der Waals surface area contributed by atoms with Crippen molar-refractivity contribution in [2.45, 2.75) is 25.8 Å². The topological polar surface area (TPSA) is 75.4 Å². The predicted octanol–water partition coefficient (Wildman–Crippen LogP) is 1.77. The van der Waals surface area contributed by atoms with Crippen LogP contribution < -0.4 is 11.1 Å². The van der Waals surface area contributed by atoms with Crippen molar-refractivity contribution in [3.05, 3.63) is 28.2 Å². The Balaban J connectivity index is 1.94. The minimum Gasteiger partial charge on any atom is -0.398 e. The summed E-state index contributed by atoms with van der Waals surface area (Å²) in [5, 5.41) is 2.98. The van der Waals surface area contributed by atoms with Gasteiger partial charge in [-0.15, -0.1) is 0 Å². The number of piperidine rings is 1. The van der Waals surface area contributed by atoms with Crippen LogP contribution in [0.1, 0.15) is 30.1 Å². The van der Waals surface area contributed by atoms with Gasteiger partial charge in [-0.25, -0.2) is 0 Å². The van der Waals surface area contributed by atoms with Crippen LogP contribution in [0.2, 0.25) is 0 Å². The van der Waals surface area contributed by atoms with Crippen LogP contribution in [0, 0.1) is 0 Å². The molecule has 0 atom stereocenters. The number of carbonyl (C=O) groups excluding carboxylic acids is 2. The summed E-state index contributed by atoms with van der Waals surface area (Å²) in [6.07, 6.45) is 1.56. The normalized spacial score (nSPS) is 16.0. The molecular formula is C14H18BrN3O2. The molecule has 0 aliphatic carbocycles. The number of halogens is 1. The fourth-order valence-corrected chi connectivity index (χ4v) is 2.72. The van der Waals surface area contributed by atoms with Crippen molar-refractivity contribution < 1.29 is 9.59 Å². The average molecular weight is 340 g/mol. The first-order valence-corrected chi connectivity index (χ1v) is 7.38. The number of nitrogens with two attached hydrogens (primary N) is 1. The van der Waals surface area contributed by atoms with Gasteiger partial charge in [0.1, 0.15) is 0 Å². The molecule has 1 aromatic carbocycles. The Bertz CT molecular complexity index is 525. The first-order valence-electron chi connectivity index (χ1n) is 6.59. The molecule has 6 heteroatoms. The van der Waals surface area contributed by atoms with Crippen LogP contribution in [0.5, 0.6) is 0 Å². The number of nitrogens with one attached hydrogen (secondary N) is 1. The summed E-state index contributed by atoms with van der Waals surface area (Å²) in [7, 11) is 0. The van der Waals surface area contributed by atoms with Crippen LogP contribution in [0.15, 0.2) is 22.7 Å². The van der Waals surface area contributed by atoms with Gasteiger partial charge in [-0.3, -0.25) is 9.59 Å². The third-order valence-corrected chi connectivity index (χ3v) is 4.03. The summed E-state index contributed by atoms with van der Waals surface area (Å²) < 4.78 is 0.848. The standard InChI is InChI=1S/C14H18BrN3O2/c1-9(19)18-6-4-11(5-7-18)17-14(20)12-3-2-10(15)8-13(12)16/h2-3,8,11H,4-7,16H2,1H3,(H,17,20). The molecule has 1 aliphatic heterocycles. The number of hydrogen-bond acceptors (Lipinski definition) is 3. The zero-order chi connectivity index (χ0) is 14.7. The lowest BCUT2D eigenvalue weighted by Crippen LogP contribution is -2.46. The maximum absolute atomic E-state index is 12.2. The van der Waals surface area contributed by atoms with E-state index in [2.05, 4.69) is 21.2 Å². The third-order valence-electron chi connectivity index (χ3n) is 3.53. The number of hydrogen-bond donors (Lipinski definition) is 2. The number of amides is 2. The third kappa shape index (κ3) is 3.50. The van der Waals surface area contributed by atoms with E-state index in [0.717, 1.165) is 17.3 Å². The molecule has 1 saturated heterocycles. The van der Waals surface area contributed by atoms with Gasteiger partial charge in [-0.05, 0) is 31.0 Å². The zero-order valence-electron chi connectivity index (χ0n) is 11.4. The Hall–Kier alpha value is -1.56. The highest BCUT2D eigenvalue weighted by atomic mass is 79.9. The van der Waals surface area contributed by atoms with Crippen molar-refractivity contribution in [1.29, 1.82) is 0 Å². The number of carbonyl (C=O) groups is 2. The maximum atomic E-state index is 12.2. The molecule has 1 aliphatic rings. The summed E-state index contributed by atoms with van der Waals surface area (Å²) in [4.78, 5) is 25.2. The average Bonchev–Trinajstić information content (AvgIpc) is 2.39. The van der Waals surface area contributed by atoms with E-state index >= 15 is 0 Å². The van der Waals surface area contributed by atoms with Crippen molar-refractivity contribution in [3.63, 3.8) is 0 Å². The fraction of sp³-hybridized carbons (Fsp3) is 0.429. The van der Waals surface area contributed by atoms with Gasteiger partial charge in [0.25, 0.3) is 5.91 Å². The van der Waals surface area contributed by atoms with Gasteiger partial charge in [0.2, 0.25) is 5.91 Å². The molecule has 0 saturated carbocycles. The molecule has 0 aromatic heterocycles. The monoisotopic (exact) mass is 339 g/mol. The molecule has 2 amide bonds. The van der Waals surface area contributed by atoms with Crippen molar-refractivity contribution >= 4 is 33.4 Å². The Kier molecular flexibility index (Phi) is 4.65. The summed E-state index contributed by atoms with van der Waals surface area (Å²) >= 11 is 3.31. The predicted molar refractivity (Wildman–Crippen MR) is 81.3 cm³/mol. The molecule has 1 heterocycles. The van der Waals surface area contributed by atoms with Gasteiger partial charge in [0, 0.05) is 36.2 Å². The first-order chi connectivity index (χ1) is 9.47. The number of benzene rings is 1. The van der Waals surface area contributed by atoms with Crippen LogP contribution in [-0.4, -0.2) is 35.8 Å². The molecule has 2 rings (SSSR count). The molecule has 5 nitrogen and oxygen atoms in total. The Morgan fingerprint density at radius 3 is 2.55 bits per heavy atom. The molecule has 0 bridgehead atoms. The van der Waals surface area contributed by atoms with Crippen molar-refractivity contribution in [2.75, 3.05) is 18.8 Å². The number of nitrogens with zero attached hydrogens (tertiary/aromatic N) is 1. The largest absolute Gasteiger partial charge is 0.398 e. The Morgan fingerprint density at radius 2 is 2.00 bits per heavy atom. The second-order valence-electron chi connectivity index (χ2n) is 4.99. The molecular weight excluding hydrogens is 322 g/mol. The second kappa shape index (κ2) is 6.26. The number of likely N-dealkylation sites (tertiary alicyclic amines) is 1. The summed E-state index contributed by atoms with van der Waals surface area (Å²) in [6, 6.07) is 5.32. The minimum atomic E-state index is -0.156. The molecule has 108 valence electrons. The Morgan fingerprint density at radius 1 is 1.35 bits per heavy atom. The zero-order valence-corrected chi connectivity index (χ0v) is 12.9. The van der Waals surface area contributed by atoms with E-state index in [-0.39, 0.29) is 17.9 Å². The number of anilines is 1. The highest BCUT2D eigenvalue weighted by molar-refractivity contribution is 9.10.